The smallest absolute Gasteiger partial charge is 0.341 e. The lowest BCUT2D eigenvalue weighted by Gasteiger charge is -2.11. The normalized spacial score (nSPS) is 20.8. The fourth-order valence-corrected chi connectivity index (χ4v) is 1.58. The minimum absolute atomic E-state index is 0.274. The van der Waals surface area contributed by atoms with Crippen molar-refractivity contribution >= 4 is 11.9 Å². The number of rotatable bonds is 4. The second kappa shape index (κ2) is 6.08. The first-order valence-electron chi connectivity index (χ1n) is 5.37. The van der Waals surface area contributed by atoms with Crippen LogP contribution in [0.2, 0.25) is 0 Å². The van der Waals surface area contributed by atoms with E-state index in [1.165, 1.54) is 26.6 Å². The number of methoxy groups -OCH3 is 2. The molecule has 0 spiro atoms. The van der Waals surface area contributed by atoms with Crippen LogP contribution in [-0.2, 0) is 23.8 Å². The standard InChI is InChI=1S/C12H16O5/c1-4-5-10-8(6-11(13)15-2)9(7-17-10)12(14)16-3/h6-7,10H,4-5H2,1-3H3/b8-6-. The largest absolute Gasteiger partial charge is 0.492 e. The third-order valence-corrected chi connectivity index (χ3v) is 2.44. The van der Waals surface area contributed by atoms with E-state index in [1.807, 2.05) is 6.92 Å². The second-order valence-corrected chi connectivity index (χ2v) is 3.56. The molecule has 1 atom stereocenters. The van der Waals surface area contributed by atoms with Crippen molar-refractivity contribution in [3.8, 4) is 0 Å². The van der Waals surface area contributed by atoms with Crippen LogP contribution in [0.5, 0.6) is 0 Å². The maximum absolute atomic E-state index is 11.5. The molecule has 0 fully saturated rings. The number of hydrogen-bond donors (Lipinski definition) is 0. The molecule has 17 heavy (non-hydrogen) atoms. The monoisotopic (exact) mass is 240 g/mol. The highest BCUT2D eigenvalue weighted by atomic mass is 16.5. The first-order chi connectivity index (χ1) is 8.13. The summed E-state index contributed by atoms with van der Waals surface area (Å²) >= 11 is 0. The van der Waals surface area contributed by atoms with E-state index in [9.17, 15) is 9.59 Å². The Hall–Kier alpha value is -1.78. The van der Waals surface area contributed by atoms with Crippen LogP contribution in [0.15, 0.2) is 23.5 Å². The van der Waals surface area contributed by atoms with Gasteiger partial charge in [-0.3, -0.25) is 0 Å². The lowest BCUT2D eigenvalue weighted by Crippen LogP contribution is -2.14. The molecule has 0 saturated heterocycles. The summed E-state index contributed by atoms with van der Waals surface area (Å²) in [7, 11) is 2.57. The van der Waals surface area contributed by atoms with E-state index in [0.29, 0.717) is 5.57 Å². The zero-order chi connectivity index (χ0) is 12.8. The Bertz CT molecular complexity index is 367. The first-order valence-corrected chi connectivity index (χ1v) is 5.37. The van der Waals surface area contributed by atoms with Gasteiger partial charge in [0, 0.05) is 11.6 Å². The molecule has 1 unspecified atom stereocenters. The Morgan fingerprint density at radius 1 is 1.41 bits per heavy atom. The van der Waals surface area contributed by atoms with Gasteiger partial charge in [0.15, 0.2) is 0 Å². The van der Waals surface area contributed by atoms with Gasteiger partial charge in [-0.05, 0) is 6.42 Å². The highest BCUT2D eigenvalue weighted by molar-refractivity contribution is 5.97. The van der Waals surface area contributed by atoms with Gasteiger partial charge in [0.1, 0.15) is 11.7 Å². The molecular weight excluding hydrogens is 224 g/mol. The summed E-state index contributed by atoms with van der Waals surface area (Å²) in [6.07, 6.45) is 3.93. The fourth-order valence-electron chi connectivity index (χ4n) is 1.58. The van der Waals surface area contributed by atoms with E-state index in [1.54, 1.807) is 0 Å². The molecule has 0 bridgehead atoms. The quantitative estimate of drug-likeness (QED) is 0.548. The molecular formula is C12H16O5. The van der Waals surface area contributed by atoms with Crippen LogP contribution in [0.1, 0.15) is 19.8 Å². The van der Waals surface area contributed by atoms with Gasteiger partial charge in [-0.25, -0.2) is 9.59 Å². The molecule has 0 N–H and O–H groups in total. The zero-order valence-corrected chi connectivity index (χ0v) is 10.2. The average molecular weight is 240 g/mol. The molecule has 1 aliphatic rings. The summed E-state index contributed by atoms with van der Waals surface area (Å²) in [5.41, 5.74) is 0.793. The van der Waals surface area contributed by atoms with Gasteiger partial charge in [-0.2, -0.15) is 0 Å². The zero-order valence-electron chi connectivity index (χ0n) is 10.2. The topological polar surface area (TPSA) is 61.8 Å². The molecule has 0 saturated carbocycles. The van der Waals surface area contributed by atoms with Crippen molar-refractivity contribution in [3.05, 3.63) is 23.5 Å². The number of hydrogen-bond acceptors (Lipinski definition) is 5. The van der Waals surface area contributed by atoms with Crippen LogP contribution >= 0.6 is 0 Å². The van der Waals surface area contributed by atoms with Crippen LogP contribution in [-0.4, -0.2) is 32.3 Å². The Kier molecular flexibility index (Phi) is 4.75. The minimum Gasteiger partial charge on any atom is -0.492 e. The van der Waals surface area contributed by atoms with Crippen molar-refractivity contribution < 1.29 is 23.8 Å². The molecule has 0 aromatic carbocycles. The van der Waals surface area contributed by atoms with E-state index in [-0.39, 0.29) is 11.7 Å². The number of carbonyl (C=O) groups excluding carboxylic acids is 2. The average Bonchev–Trinajstić information content (AvgIpc) is 2.72. The van der Waals surface area contributed by atoms with Crippen molar-refractivity contribution in [2.45, 2.75) is 25.9 Å². The third-order valence-electron chi connectivity index (χ3n) is 2.44. The Labute approximate surface area is 100 Å². The third kappa shape index (κ3) is 3.09. The molecule has 1 rings (SSSR count). The fraction of sp³-hybridized carbons (Fsp3) is 0.500. The van der Waals surface area contributed by atoms with Crippen LogP contribution in [0.25, 0.3) is 0 Å². The van der Waals surface area contributed by atoms with Crippen LogP contribution in [0.3, 0.4) is 0 Å². The van der Waals surface area contributed by atoms with Gasteiger partial charge >= 0.3 is 11.9 Å². The summed E-state index contributed by atoms with van der Waals surface area (Å²) in [6.45, 7) is 2.00. The predicted molar refractivity (Wildman–Crippen MR) is 60.0 cm³/mol. The molecule has 5 nitrogen and oxygen atoms in total. The molecule has 94 valence electrons. The van der Waals surface area contributed by atoms with E-state index in [4.69, 9.17) is 4.74 Å². The molecule has 1 heterocycles. The number of carbonyl (C=O) groups is 2. The van der Waals surface area contributed by atoms with Gasteiger partial charge in [0.05, 0.1) is 20.5 Å². The maximum atomic E-state index is 11.5. The molecule has 5 heteroatoms. The number of esters is 2. The van der Waals surface area contributed by atoms with Crippen molar-refractivity contribution in [3.63, 3.8) is 0 Å². The van der Waals surface area contributed by atoms with Crippen molar-refractivity contribution in [2.75, 3.05) is 14.2 Å². The molecule has 0 amide bonds. The summed E-state index contributed by atoms with van der Waals surface area (Å²) in [5.74, 6) is -1.03. The lowest BCUT2D eigenvalue weighted by atomic mass is 10.00. The summed E-state index contributed by atoms with van der Waals surface area (Å²) < 4.78 is 14.5. The van der Waals surface area contributed by atoms with E-state index in [2.05, 4.69) is 9.47 Å². The molecule has 1 aliphatic heterocycles. The Morgan fingerprint density at radius 3 is 2.65 bits per heavy atom. The molecule has 0 radical (unpaired) electrons. The van der Waals surface area contributed by atoms with Crippen LogP contribution in [0.4, 0.5) is 0 Å². The van der Waals surface area contributed by atoms with E-state index >= 15 is 0 Å². The van der Waals surface area contributed by atoms with Crippen LogP contribution in [0, 0.1) is 0 Å². The van der Waals surface area contributed by atoms with Crippen molar-refractivity contribution in [1.82, 2.24) is 0 Å². The first kappa shape index (κ1) is 13.3. The van der Waals surface area contributed by atoms with Gasteiger partial charge in [-0.1, -0.05) is 13.3 Å². The van der Waals surface area contributed by atoms with Crippen LogP contribution < -0.4 is 0 Å². The van der Waals surface area contributed by atoms with E-state index in [0.717, 1.165) is 12.8 Å². The van der Waals surface area contributed by atoms with Gasteiger partial charge in [-0.15, -0.1) is 0 Å². The lowest BCUT2D eigenvalue weighted by molar-refractivity contribution is -0.135. The predicted octanol–water partition coefficient (Wildman–Crippen LogP) is 1.34. The Balaban J connectivity index is 2.96. The summed E-state index contributed by atoms with van der Waals surface area (Å²) in [6, 6.07) is 0. The van der Waals surface area contributed by atoms with Crippen molar-refractivity contribution in [2.24, 2.45) is 0 Å². The minimum atomic E-state index is -0.515. The molecule has 0 aromatic rings. The van der Waals surface area contributed by atoms with Gasteiger partial charge in [0.2, 0.25) is 0 Å². The Morgan fingerprint density at radius 2 is 2.12 bits per heavy atom. The maximum Gasteiger partial charge on any atom is 0.341 e. The van der Waals surface area contributed by atoms with Crippen molar-refractivity contribution in [1.29, 1.82) is 0 Å². The summed E-state index contributed by atoms with van der Waals surface area (Å²) in [5, 5.41) is 0. The highest BCUT2D eigenvalue weighted by Crippen LogP contribution is 2.28. The van der Waals surface area contributed by atoms with E-state index < -0.39 is 11.9 Å². The number of ether oxygens (including phenoxy) is 3. The highest BCUT2D eigenvalue weighted by Gasteiger charge is 2.30. The molecule has 0 aliphatic carbocycles. The second-order valence-electron chi connectivity index (χ2n) is 3.56. The molecule has 0 aromatic heterocycles. The van der Waals surface area contributed by atoms with Gasteiger partial charge < -0.3 is 14.2 Å². The van der Waals surface area contributed by atoms with Gasteiger partial charge in [0.25, 0.3) is 0 Å². The summed E-state index contributed by atoms with van der Waals surface area (Å²) in [4.78, 5) is 22.7. The SMILES string of the molecule is CCCC1OC=C(C(=O)OC)/C1=C/C(=O)OC.